The molecular weight excluding hydrogens is 352 g/mol. The first-order valence-corrected chi connectivity index (χ1v) is 9.72. The van der Waals surface area contributed by atoms with Gasteiger partial charge in [0.05, 0.1) is 13.2 Å². The number of ether oxygens (including phenoxy) is 1. The van der Waals surface area contributed by atoms with E-state index >= 15 is 0 Å². The molecule has 1 fully saturated rings. The van der Waals surface area contributed by atoms with E-state index in [1.807, 2.05) is 56.6 Å². The van der Waals surface area contributed by atoms with Crippen LogP contribution in [0.25, 0.3) is 0 Å². The lowest BCUT2D eigenvalue weighted by molar-refractivity contribution is 0.229. The molecular formula is C22H30N4O2. The maximum Gasteiger partial charge on any atom is 0.315 e. The first kappa shape index (κ1) is 20.0. The van der Waals surface area contributed by atoms with Gasteiger partial charge in [0.25, 0.3) is 0 Å². The van der Waals surface area contributed by atoms with Crippen molar-refractivity contribution in [3.05, 3.63) is 60.2 Å². The highest BCUT2D eigenvalue weighted by molar-refractivity contribution is 5.74. The molecule has 0 aromatic heterocycles. The molecule has 2 aromatic carbocycles. The van der Waals surface area contributed by atoms with E-state index in [1.54, 1.807) is 7.11 Å². The minimum absolute atomic E-state index is 0.0336. The predicted octanol–water partition coefficient (Wildman–Crippen LogP) is 2.88. The Hall–Kier alpha value is -2.73. The van der Waals surface area contributed by atoms with Crippen LogP contribution in [0.3, 0.4) is 0 Å². The molecule has 2 atom stereocenters. The lowest BCUT2D eigenvalue weighted by Crippen LogP contribution is -2.45. The van der Waals surface area contributed by atoms with Crippen LogP contribution >= 0.6 is 0 Å². The topological polar surface area (TPSA) is 56.8 Å². The second-order valence-corrected chi connectivity index (χ2v) is 7.34. The number of anilines is 1. The zero-order chi connectivity index (χ0) is 19.9. The van der Waals surface area contributed by atoms with Gasteiger partial charge in [0.15, 0.2) is 0 Å². The average molecular weight is 383 g/mol. The van der Waals surface area contributed by atoms with Crippen molar-refractivity contribution in [3.63, 3.8) is 0 Å². The SMILES string of the molecule is COc1ccccc1C(CNC(=O)NC1CCN(c2ccccc2)C1)N(C)C. The van der Waals surface area contributed by atoms with Gasteiger partial charge in [-0.15, -0.1) is 0 Å². The van der Waals surface area contributed by atoms with Crippen molar-refractivity contribution in [2.24, 2.45) is 0 Å². The molecule has 1 aliphatic rings. The first-order valence-electron chi connectivity index (χ1n) is 9.72. The van der Waals surface area contributed by atoms with E-state index in [2.05, 4.69) is 32.6 Å². The third-order valence-corrected chi connectivity index (χ3v) is 5.22. The second kappa shape index (κ2) is 9.46. The number of amides is 2. The summed E-state index contributed by atoms with van der Waals surface area (Å²) >= 11 is 0. The number of carbonyl (C=O) groups excluding carboxylic acids is 1. The highest BCUT2D eigenvalue weighted by atomic mass is 16.5. The molecule has 6 nitrogen and oxygen atoms in total. The van der Waals surface area contributed by atoms with Gasteiger partial charge >= 0.3 is 6.03 Å². The van der Waals surface area contributed by atoms with Gasteiger partial charge in [0.2, 0.25) is 0 Å². The lowest BCUT2D eigenvalue weighted by Gasteiger charge is -2.27. The predicted molar refractivity (Wildman–Crippen MR) is 113 cm³/mol. The molecule has 1 saturated heterocycles. The normalized spacial score (nSPS) is 17.4. The van der Waals surface area contributed by atoms with Crippen molar-refractivity contribution in [1.82, 2.24) is 15.5 Å². The van der Waals surface area contributed by atoms with Crippen LogP contribution in [-0.4, -0.2) is 57.8 Å². The van der Waals surface area contributed by atoms with Crippen molar-refractivity contribution in [2.75, 3.05) is 45.7 Å². The van der Waals surface area contributed by atoms with Gasteiger partial charge in [-0.2, -0.15) is 0 Å². The summed E-state index contributed by atoms with van der Waals surface area (Å²) in [6, 6.07) is 18.3. The van der Waals surface area contributed by atoms with Crippen molar-refractivity contribution >= 4 is 11.7 Å². The highest BCUT2D eigenvalue weighted by Crippen LogP contribution is 2.27. The summed E-state index contributed by atoms with van der Waals surface area (Å²) in [6.07, 6.45) is 0.950. The molecule has 2 N–H and O–H groups in total. The van der Waals surface area contributed by atoms with Crippen molar-refractivity contribution in [2.45, 2.75) is 18.5 Å². The standard InChI is InChI=1S/C22H30N4O2/c1-25(2)20(19-11-7-8-12-21(19)28-3)15-23-22(27)24-17-13-14-26(16-17)18-9-5-4-6-10-18/h4-12,17,20H,13-16H2,1-3H3,(H2,23,24,27). The quantitative estimate of drug-likeness (QED) is 0.773. The number of carbonyl (C=O) groups is 1. The van der Waals surface area contributed by atoms with E-state index < -0.39 is 0 Å². The Kier molecular flexibility index (Phi) is 6.76. The average Bonchev–Trinajstić information content (AvgIpc) is 3.17. The number of hydrogen-bond acceptors (Lipinski definition) is 4. The molecule has 2 unspecified atom stereocenters. The number of rotatable bonds is 7. The molecule has 0 aliphatic carbocycles. The number of para-hydroxylation sites is 2. The molecule has 0 spiro atoms. The summed E-state index contributed by atoms with van der Waals surface area (Å²) in [5, 5.41) is 6.14. The van der Waals surface area contributed by atoms with Crippen LogP contribution in [0.2, 0.25) is 0 Å². The van der Waals surface area contributed by atoms with Crippen molar-refractivity contribution < 1.29 is 9.53 Å². The second-order valence-electron chi connectivity index (χ2n) is 7.34. The summed E-state index contributed by atoms with van der Waals surface area (Å²) < 4.78 is 5.48. The summed E-state index contributed by atoms with van der Waals surface area (Å²) in [6.45, 7) is 2.30. The number of nitrogens with zero attached hydrogens (tertiary/aromatic N) is 2. The van der Waals surface area contributed by atoms with E-state index in [1.165, 1.54) is 5.69 Å². The molecule has 0 bridgehead atoms. The maximum atomic E-state index is 12.5. The zero-order valence-corrected chi connectivity index (χ0v) is 16.9. The molecule has 0 saturated carbocycles. The lowest BCUT2D eigenvalue weighted by atomic mass is 10.0. The van der Waals surface area contributed by atoms with Gasteiger partial charge in [-0.25, -0.2) is 4.79 Å². The molecule has 0 radical (unpaired) electrons. The van der Waals surface area contributed by atoms with Crippen molar-refractivity contribution in [3.8, 4) is 5.75 Å². The monoisotopic (exact) mass is 382 g/mol. The highest BCUT2D eigenvalue weighted by Gasteiger charge is 2.25. The summed E-state index contributed by atoms with van der Waals surface area (Å²) in [4.78, 5) is 16.9. The Morgan fingerprint density at radius 2 is 1.89 bits per heavy atom. The van der Waals surface area contributed by atoms with E-state index in [4.69, 9.17) is 4.74 Å². The summed E-state index contributed by atoms with van der Waals surface area (Å²) in [5.41, 5.74) is 2.27. The third-order valence-electron chi connectivity index (χ3n) is 5.22. The number of urea groups is 1. The maximum absolute atomic E-state index is 12.5. The van der Waals surface area contributed by atoms with E-state index in [-0.39, 0.29) is 18.1 Å². The van der Waals surface area contributed by atoms with Gasteiger partial charge in [0, 0.05) is 36.9 Å². The van der Waals surface area contributed by atoms with Crippen molar-refractivity contribution in [1.29, 1.82) is 0 Å². The fraction of sp³-hybridized carbons (Fsp3) is 0.409. The van der Waals surface area contributed by atoms with Gasteiger partial charge < -0.3 is 25.2 Å². The van der Waals surface area contributed by atoms with Crippen LogP contribution in [0, 0.1) is 0 Å². The summed E-state index contributed by atoms with van der Waals surface area (Å²) in [5.74, 6) is 0.831. The Labute approximate surface area is 167 Å². The number of methoxy groups -OCH3 is 1. The number of nitrogens with one attached hydrogen (secondary N) is 2. The Bertz CT molecular complexity index is 766. The van der Waals surface area contributed by atoms with E-state index in [0.717, 1.165) is 30.8 Å². The number of likely N-dealkylation sites (N-methyl/N-ethyl adjacent to an activating group) is 1. The fourth-order valence-corrected chi connectivity index (χ4v) is 3.69. The molecule has 6 heteroatoms. The molecule has 2 amide bonds. The van der Waals surface area contributed by atoms with Gasteiger partial charge in [-0.3, -0.25) is 0 Å². The Balaban J connectivity index is 1.53. The number of benzene rings is 2. The molecule has 1 aliphatic heterocycles. The van der Waals surface area contributed by atoms with E-state index in [0.29, 0.717) is 6.54 Å². The molecule has 3 rings (SSSR count). The van der Waals surface area contributed by atoms with Crippen LogP contribution in [0.4, 0.5) is 10.5 Å². The minimum atomic E-state index is -0.123. The van der Waals surface area contributed by atoms with Gasteiger partial charge in [0.1, 0.15) is 5.75 Å². The van der Waals surface area contributed by atoms with Crippen LogP contribution < -0.4 is 20.3 Å². The summed E-state index contributed by atoms with van der Waals surface area (Å²) in [7, 11) is 5.68. The van der Waals surface area contributed by atoms with Crippen LogP contribution in [0.5, 0.6) is 5.75 Å². The minimum Gasteiger partial charge on any atom is -0.496 e. The van der Waals surface area contributed by atoms with Gasteiger partial charge in [-0.1, -0.05) is 36.4 Å². The molecule has 150 valence electrons. The largest absolute Gasteiger partial charge is 0.496 e. The van der Waals surface area contributed by atoms with Crippen LogP contribution in [0.1, 0.15) is 18.0 Å². The molecule has 28 heavy (non-hydrogen) atoms. The Morgan fingerprint density at radius 1 is 1.18 bits per heavy atom. The van der Waals surface area contributed by atoms with Gasteiger partial charge in [-0.05, 0) is 38.7 Å². The smallest absolute Gasteiger partial charge is 0.315 e. The fourth-order valence-electron chi connectivity index (χ4n) is 3.69. The molecule has 1 heterocycles. The third kappa shape index (κ3) is 4.95. The zero-order valence-electron chi connectivity index (χ0n) is 16.9. The first-order chi connectivity index (χ1) is 13.6. The van der Waals surface area contributed by atoms with Crippen LogP contribution in [0.15, 0.2) is 54.6 Å². The molecule has 2 aromatic rings. The van der Waals surface area contributed by atoms with Crippen LogP contribution in [-0.2, 0) is 0 Å². The Morgan fingerprint density at radius 3 is 2.61 bits per heavy atom. The van der Waals surface area contributed by atoms with E-state index in [9.17, 15) is 4.79 Å². The number of hydrogen-bond donors (Lipinski definition) is 2.